The summed E-state index contributed by atoms with van der Waals surface area (Å²) in [6.45, 7) is 11.1. The van der Waals surface area contributed by atoms with Crippen molar-refractivity contribution in [3.05, 3.63) is 0 Å². The fourth-order valence-corrected chi connectivity index (χ4v) is 4.27. The smallest absolute Gasteiger partial charge is 0.409 e. The second-order valence-corrected chi connectivity index (χ2v) is 14.7. The average molecular weight is 371 g/mol. The Labute approximate surface area is 156 Å². The van der Waals surface area contributed by atoms with Crippen LogP contribution in [0.4, 0.5) is 4.79 Å². The highest BCUT2D eigenvalue weighted by Crippen LogP contribution is 2.27. The van der Waals surface area contributed by atoms with Crippen molar-refractivity contribution in [2.24, 2.45) is 11.7 Å². The van der Waals surface area contributed by atoms with Gasteiger partial charge in [-0.2, -0.15) is 0 Å². The normalized spacial score (nSPS) is 17.3. The Hall–Kier alpha value is -0.553. The van der Waals surface area contributed by atoms with Crippen molar-refractivity contribution < 1.29 is 9.53 Å². The van der Waals surface area contributed by atoms with Gasteiger partial charge in [0, 0.05) is 27.2 Å². The van der Waals surface area contributed by atoms with E-state index in [4.69, 9.17) is 10.5 Å². The van der Waals surface area contributed by atoms with Gasteiger partial charge >= 0.3 is 6.09 Å². The zero-order valence-electron chi connectivity index (χ0n) is 17.2. The lowest BCUT2D eigenvalue weighted by molar-refractivity contribution is 0.102. The number of nitrogens with zero attached hydrogens (tertiary/aromatic N) is 1. The standard InChI is InChI=1S/C20H42N2O2Si/c1-5-6-10-13-22(20(23)24-14-15-25(2,3)4)17-19(21)16-18-11-8-7-9-12-18/h18-19H,5-17,21H2,1-4H3/t19-/m0/s1. The SMILES string of the molecule is CCCCCN(C[C@@H](N)CC1CCCCC1)C(=O)OCC[Si](C)(C)C. The summed E-state index contributed by atoms with van der Waals surface area (Å²) in [7, 11) is -1.17. The molecule has 2 N–H and O–H groups in total. The van der Waals surface area contributed by atoms with E-state index >= 15 is 0 Å². The van der Waals surface area contributed by atoms with E-state index in [1.165, 1.54) is 32.1 Å². The lowest BCUT2D eigenvalue weighted by Crippen LogP contribution is -2.43. The van der Waals surface area contributed by atoms with Gasteiger partial charge in [0.1, 0.15) is 0 Å². The fourth-order valence-electron chi connectivity index (χ4n) is 3.55. The van der Waals surface area contributed by atoms with Crippen LogP contribution in [-0.4, -0.2) is 44.8 Å². The minimum Gasteiger partial charge on any atom is -0.450 e. The molecule has 0 aromatic carbocycles. The van der Waals surface area contributed by atoms with E-state index in [1.807, 2.05) is 4.90 Å². The van der Waals surface area contributed by atoms with Gasteiger partial charge < -0.3 is 15.4 Å². The highest BCUT2D eigenvalue weighted by molar-refractivity contribution is 6.76. The quantitative estimate of drug-likeness (QED) is 0.399. The zero-order valence-corrected chi connectivity index (χ0v) is 18.2. The van der Waals surface area contributed by atoms with Gasteiger partial charge in [0.15, 0.2) is 0 Å². The Morgan fingerprint density at radius 2 is 1.88 bits per heavy atom. The van der Waals surface area contributed by atoms with E-state index in [9.17, 15) is 4.79 Å². The summed E-state index contributed by atoms with van der Waals surface area (Å²) < 4.78 is 5.57. The van der Waals surface area contributed by atoms with Crippen LogP contribution in [0.3, 0.4) is 0 Å². The van der Waals surface area contributed by atoms with Gasteiger partial charge in [0.25, 0.3) is 0 Å². The Balaban J connectivity index is 2.44. The molecule has 4 nitrogen and oxygen atoms in total. The number of amides is 1. The molecule has 148 valence electrons. The third-order valence-electron chi connectivity index (χ3n) is 5.18. The number of ether oxygens (including phenoxy) is 1. The Morgan fingerprint density at radius 3 is 2.48 bits per heavy atom. The van der Waals surface area contributed by atoms with Crippen LogP contribution in [0.5, 0.6) is 0 Å². The van der Waals surface area contributed by atoms with Crippen LogP contribution in [-0.2, 0) is 4.74 Å². The van der Waals surface area contributed by atoms with Crippen molar-refractivity contribution in [2.45, 2.75) is 96.4 Å². The second kappa shape index (κ2) is 11.9. The molecule has 1 amide bonds. The molecule has 1 atom stereocenters. The molecule has 0 aromatic heterocycles. The van der Waals surface area contributed by atoms with Crippen molar-refractivity contribution in [3.63, 3.8) is 0 Å². The van der Waals surface area contributed by atoms with Gasteiger partial charge in [0.2, 0.25) is 0 Å². The van der Waals surface area contributed by atoms with E-state index < -0.39 is 8.07 Å². The molecule has 0 radical (unpaired) electrons. The predicted molar refractivity (Wildman–Crippen MR) is 110 cm³/mol. The summed E-state index contributed by atoms with van der Waals surface area (Å²) in [5, 5.41) is 0. The average Bonchev–Trinajstić information content (AvgIpc) is 2.53. The zero-order chi connectivity index (χ0) is 18.7. The van der Waals surface area contributed by atoms with Crippen LogP contribution in [0.1, 0.15) is 64.7 Å². The first-order valence-electron chi connectivity index (χ1n) is 10.5. The maximum absolute atomic E-state index is 12.5. The molecular formula is C20H42N2O2Si. The largest absolute Gasteiger partial charge is 0.450 e. The first-order chi connectivity index (χ1) is 11.8. The Bertz CT molecular complexity index is 365. The van der Waals surface area contributed by atoms with Gasteiger partial charge in [-0.25, -0.2) is 4.79 Å². The minimum absolute atomic E-state index is 0.0780. The van der Waals surface area contributed by atoms with E-state index in [2.05, 4.69) is 26.6 Å². The second-order valence-electron chi connectivity index (χ2n) is 9.08. The molecule has 0 unspecified atom stereocenters. The van der Waals surface area contributed by atoms with Crippen LogP contribution in [0, 0.1) is 5.92 Å². The van der Waals surface area contributed by atoms with E-state index in [1.54, 1.807) is 0 Å². The van der Waals surface area contributed by atoms with Gasteiger partial charge in [-0.05, 0) is 24.8 Å². The predicted octanol–water partition coefficient (Wildman–Crippen LogP) is 5.25. The summed E-state index contributed by atoms with van der Waals surface area (Å²) in [6.07, 6.45) is 10.9. The van der Waals surface area contributed by atoms with Crippen molar-refractivity contribution in [3.8, 4) is 0 Å². The van der Waals surface area contributed by atoms with Gasteiger partial charge in [-0.15, -0.1) is 0 Å². The molecule has 0 aromatic rings. The summed E-state index contributed by atoms with van der Waals surface area (Å²) in [4.78, 5) is 14.4. The van der Waals surface area contributed by atoms with Crippen LogP contribution in [0.25, 0.3) is 0 Å². The monoisotopic (exact) mass is 370 g/mol. The summed E-state index contributed by atoms with van der Waals surface area (Å²) in [6, 6.07) is 1.10. The Kier molecular flexibility index (Phi) is 10.7. The summed E-state index contributed by atoms with van der Waals surface area (Å²) >= 11 is 0. The van der Waals surface area contributed by atoms with Crippen molar-refractivity contribution in [1.82, 2.24) is 4.90 Å². The molecule has 1 fully saturated rings. The number of hydrogen-bond donors (Lipinski definition) is 1. The first kappa shape index (κ1) is 22.5. The van der Waals surface area contributed by atoms with E-state index in [-0.39, 0.29) is 12.1 Å². The molecule has 25 heavy (non-hydrogen) atoms. The van der Waals surface area contributed by atoms with Crippen molar-refractivity contribution in [2.75, 3.05) is 19.7 Å². The number of unbranched alkanes of at least 4 members (excludes halogenated alkanes) is 2. The summed E-state index contributed by atoms with van der Waals surface area (Å²) in [5.41, 5.74) is 6.40. The highest BCUT2D eigenvalue weighted by atomic mass is 28.3. The van der Waals surface area contributed by atoms with Crippen LogP contribution in [0.15, 0.2) is 0 Å². The van der Waals surface area contributed by atoms with Gasteiger partial charge in [-0.1, -0.05) is 71.5 Å². The molecule has 1 saturated carbocycles. The van der Waals surface area contributed by atoms with Crippen LogP contribution >= 0.6 is 0 Å². The van der Waals surface area contributed by atoms with Crippen LogP contribution < -0.4 is 5.73 Å². The molecule has 1 aliphatic rings. The molecule has 0 spiro atoms. The number of nitrogens with two attached hydrogens (primary N) is 1. The maximum Gasteiger partial charge on any atom is 0.409 e. The molecule has 5 heteroatoms. The maximum atomic E-state index is 12.5. The fraction of sp³-hybridized carbons (Fsp3) is 0.950. The van der Waals surface area contributed by atoms with Crippen molar-refractivity contribution >= 4 is 14.2 Å². The van der Waals surface area contributed by atoms with E-state index in [0.29, 0.717) is 13.2 Å². The lowest BCUT2D eigenvalue weighted by atomic mass is 9.85. The van der Waals surface area contributed by atoms with E-state index in [0.717, 1.165) is 44.2 Å². The highest BCUT2D eigenvalue weighted by Gasteiger charge is 2.22. The Morgan fingerprint density at radius 1 is 1.20 bits per heavy atom. The van der Waals surface area contributed by atoms with Crippen molar-refractivity contribution in [1.29, 1.82) is 0 Å². The third-order valence-corrected chi connectivity index (χ3v) is 6.89. The number of rotatable bonds is 11. The van der Waals surface area contributed by atoms with Crippen LogP contribution in [0.2, 0.25) is 25.7 Å². The summed E-state index contributed by atoms with van der Waals surface area (Å²) in [5.74, 6) is 0.754. The first-order valence-corrected chi connectivity index (χ1v) is 14.2. The third kappa shape index (κ3) is 10.9. The van der Waals surface area contributed by atoms with Gasteiger partial charge in [-0.3, -0.25) is 0 Å². The minimum atomic E-state index is -1.17. The molecule has 1 aliphatic carbocycles. The molecule has 0 heterocycles. The lowest BCUT2D eigenvalue weighted by Gasteiger charge is -2.29. The topological polar surface area (TPSA) is 55.6 Å². The molecule has 0 bridgehead atoms. The molecule has 1 rings (SSSR count). The molecular weight excluding hydrogens is 328 g/mol. The number of carbonyl (C=O) groups excluding carboxylic acids is 1. The molecule has 0 aliphatic heterocycles. The number of hydrogen-bond acceptors (Lipinski definition) is 3. The molecule has 0 saturated heterocycles. The van der Waals surface area contributed by atoms with Gasteiger partial charge in [0.05, 0.1) is 6.61 Å². The number of carbonyl (C=O) groups is 1.